The Morgan fingerprint density at radius 2 is 1.54 bits per heavy atom. The number of carbonyl (C=O) groups is 2. The van der Waals surface area contributed by atoms with Crippen LogP contribution < -0.4 is 4.90 Å². The minimum Gasteiger partial charge on any atom is -0.274 e. The number of hydrogen-bond acceptors (Lipinski definition) is 4. The number of sulfonamides is 1. The second-order valence-corrected chi connectivity index (χ2v) is 9.72. The van der Waals surface area contributed by atoms with Gasteiger partial charge in [-0.3, -0.25) is 9.59 Å². The molecule has 0 saturated carbocycles. The molecule has 3 rings (SSSR count). The summed E-state index contributed by atoms with van der Waals surface area (Å²) >= 11 is 0. The number of rotatable bonds is 4. The maximum atomic E-state index is 13.4. The van der Waals surface area contributed by atoms with Gasteiger partial charge in [0.2, 0.25) is 15.9 Å². The molecule has 2 amide bonds. The summed E-state index contributed by atoms with van der Waals surface area (Å²) in [7, 11) is -3.99. The second kappa shape index (κ2) is 7.14. The number of hydrogen-bond donors (Lipinski definition) is 0. The van der Waals surface area contributed by atoms with E-state index in [0.717, 1.165) is 10.5 Å². The van der Waals surface area contributed by atoms with Crippen molar-refractivity contribution in [1.29, 1.82) is 0 Å². The Labute approximate surface area is 165 Å². The fourth-order valence-electron chi connectivity index (χ4n) is 3.47. The van der Waals surface area contributed by atoms with Crippen molar-refractivity contribution in [3.05, 3.63) is 60.2 Å². The Morgan fingerprint density at radius 1 is 0.964 bits per heavy atom. The SMILES string of the molecule is Cc1ccc(S(=O)(=O)N(C2CC(=O)N(c3ccccc3)C2=O)C(C)(C)C)cc1. The zero-order valence-electron chi connectivity index (χ0n) is 16.4. The Hall–Kier alpha value is -2.51. The summed E-state index contributed by atoms with van der Waals surface area (Å²) in [4.78, 5) is 26.9. The van der Waals surface area contributed by atoms with Gasteiger partial charge in [-0.15, -0.1) is 0 Å². The number of imide groups is 1. The second-order valence-electron chi connectivity index (χ2n) is 7.91. The van der Waals surface area contributed by atoms with Crippen molar-refractivity contribution in [2.24, 2.45) is 0 Å². The summed E-state index contributed by atoms with van der Waals surface area (Å²) in [6.45, 7) is 7.04. The van der Waals surface area contributed by atoms with Crippen LogP contribution in [0.4, 0.5) is 5.69 Å². The third-order valence-corrected chi connectivity index (χ3v) is 6.85. The number of anilines is 1. The van der Waals surface area contributed by atoms with Crippen molar-refractivity contribution < 1.29 is 18.0 Å². The molecule has 28 heavy (non-hydrogen) atoms. The van der Waals surface area contributed by atoms with Crippen LogP contribution in [0.2, 0.25) is 0 Å². The Balaban J connectivity index is 2.05. The van der Waals surface area contributed by atoms with E-state index < -0.39 is 33.4 Å². The third kappa shape index (κ3) is 3.59. The summed E-state index contributed by atoms with van der Waals surface area (Å²) in [6.07, 6.45) is -0.184. The molecule has 1 saturated heterocycles. The molecule has 2 aromatic rings. The maximum absolute atomic E-state index is 13.4. The van der Waals surface area contributed by atoms with Crippen molar-refractivity contribution in [2.45, 2.75) is 50.6 Å². The lowest BCUT2D eigenvalue weighted by Crippen LogP contribution is -2.54. The van der Waals surface area contributed by atoms with Gasteiger partial charge in [0.15, 0.2) is 0 Å². The molecule has 1 atom stereocenters. The molecule has 0 bridgehead atoms. The number of aryl methyl sites for hydroxylation is 1. The van der Waals surface area contributed by atoms with Gasteiger partial charge < -0.3 is 0 Å². The van der Waals surface area contributed by atoms with E-state index in [4.69, 9.17) is 0 Å². The largest absolute Gasteiger partial charge is 0.274 e. The van der Waals surface area contributed by atoms with Gasteiger partial charge in [-0.2, -0.15) is 4.31 Å². The maximum Gasteiger partial charge on any atom is 0.252 e. The van der Waals surface area contributed by atoms with Crippen molar-refractivity contribution in [1.82, 2.24) is 4.31 Å². The smallest absolute Gasteiger partial charge is 0.252 e. The molecule has 1 aliphatic rings. The molecule has 1 fully saturated rings. The predicted octanol–water partition coefficient (Wildman–Crippen LogP) is 3.12. The minimum absolute atomic E-state index is 0.103. The Bertz CT molecular complexity index is 993. The van der Waals surface area contributed by atoms with Crippen LogP contribution in [0, 0.1) is 6.92 Å². The minimum atomic E-state index is -3.99. The average molecular weight is 401 g/mol. The molecule has 0 radical (unpaired) electrons. The normalized spacial score (nSPS) is 18.2. The molecule has 1 unspecified atom stereocenters. The lowest BCUT2D eigenvalue weighted by Gasteiger charge is -2.37. The van der Waals surface area contributed by atoms with Crippen LogP contribution in [0.15, 0.2) is 59.5 Å². The molecule has 0 spiro atoms. The molecule has 0 aliphatic carbocycles. The number of nitrogens with zero attached hydrogens (tertiary/aromatic N) is 2. The standard InChI is InChI=1S/C21H24N2O4S/c1-15-10-12-17(13-11-15)28(26,27)23(21(2,3)4)18-14-19(24)22(20(18)25)16-8-6-5-7-9-16/h5-13,18H,14H2,1-4H3. The first-order chi connectivity index (χ1) is 13.0. The average Bonchev–Trinajstić information content (AvgIpc) is 2.88. The highest BCUT2D eigenvalue weighted by atomic mass is 32.2. The van der Waals surface area contributed by atoms with Gasteiger partial charge >= 0.3 is 0 Å². The van der Waals surface area contributed by atoms with Gasteiger partial charge in [0.1, 0.15) is 6.04 Å². The molecule has 7 heteroatoms. The zero-order valence-corrected chi connectivity index (χ0v) is 17.2. The lowest BCUT2D eigenvalue weighted by molar-refractivity contribution is -0.122. The van der Waals surface area contributed by atoms with Crippen LogP contribution in [0.1, 0.15) is 32.8 Å². The molecule has 148 valence electrons. The summed E-state index contributed by atoms with van der Waals surface area (Å²) < 4.78 is 28.0. The topological polar surface area (TPSA) is 74.8 Å². The van der Waals surface area contributed by atoms with Gasteiger partial charge in [0.05, 0.1) is 17.0 Å². The first-order valence-electron chi connectivity index (χ1n) is 9.06. The number of amides is 2. The predicted molar refractivity (Wildman–Crippen MR) is 107 cm³/mol. The highest BCUT2D eigenvalue weighted by Crippen LogP contribution is 2.34. The van der Waals surface area contributed by atoms with Crippen molar-refractivity contribution in [2.75, 3.05) is 4.90 Å². The van der Waals surface area contributed by atoms with Crippen molar-refractivity contribution in [3.63, 3.8) is 0 Å². The highest BCUT2D eigenvalue weighted by molar-refractivity contribution is 7.89. The molecule has 0 aromatic heterocycles. The molecule has 1 aliphatic heterocycles. The van der Waals surface area contributed by atoms with Gasteiger partial charge in [-0.25, -0.2) is 13.3 Å². The van der Waals surface area contributed by atoms with E-state index in [0.29, 0.717) is 5.69 Å². The van der Waals surface area contributed by atoms with Crippen LogP contribution in [-0.4, -0.2) is 36.1 Å². The fraction of sp³-hybridized carbons (Fsp3) is 0.333. The number of benzene rings is 2. The molecule has 2 aromatic carbocycles. The number of para-hydroxylation sites is 1. The molecule has 6 nitrogen and oxygen atoms in total. The molecule has 0 N–H and O–H groups in total. The van der Waals surface area contributed by atoms with Crippen molar-refractivity contribution in [3.8, 4) is 0 Å². The van der Waals surface area contributed by atoms with Crippen molar-refractivity contribution >= 4 is 27.5 Å². The monoisotopic (exact) mass is 400 g/mol. The van der Waals surface area contributed by atoms with E-state index in [9.17, 15) is 18.0 Å². The summed E-state index contributed by atoms with van der Waals surface area (Å²) in [5.74, 6) is -0.934. The summed E-state index contributed by atoms with van der Waals surface area (Å²) in [5.41, 5.74) is 0.488. The van der Waals surface area contributed by atoms with E-state index in [1.165, 1.54) is 16.4 Å². The van der Waals surface area contributed by atoms with Gasteiger partial charge in [0, 0.05) is 5.54 Å². The third-order valence-electron chi connectivity index (χ3n) is 4.66. The molecular weight excluding hydrogens is 376 g/mol. The van der Waals surface area contributed by atoms with Crippen LogP contribution in [0.5, 0.6) is 0 Å². The van der Waals surface area contributed by atoms with E-state index in [-0.39, 0.29) is 11.3 Å². The van der Waals surface area contributed by atoms with E-state index >= 15 is 0 Å². The van der Waals surface area contributed by atoms with E-state index in [1.807, 2.05) is 6.92 Å². The Morgan fingerprint density at radius 3 is 2.07 bits per heavy atom. The van der Waals surface area contributed by atoms with Gasteiger partial charge in [0.25, 0.3) is 5.91 Å². The summed E-state index contributed by atoms with van der Waals surface area (Å²) in [6, 6.07) is 14.0. The first kappa shape index (κ1) is 20.2. The highest BCUT2D eigenvalue weighted by Gasteiger charge is 2.50. The molecular formula is C21H24N2O4S. The van der Waals surface area contributed by atoms with E-state index in [2.05, 4.69) is 0 Å². The van der Waals surface area contributed by atoms with Crippen LogP contribution in [0.3, 0.4) is 0 Å². The first-order valence-corrected chi connectivity index (χ1v) is 10.5. The fourth-order valence-corrected chi connectivity index (χ4v) is 5.39. The zero-order chi connectivity index (χ0) is 20.7. The summed E-state index contributed by atoms with van der Waals surface area (Å²) in [5, 5.41) is 0. The lowest BCUT2D eigenvalue weighted by atomic mass is 10.1. The quantitative estimate of drug-likeness (QED) is 0.739. The number of carbonyl (C=O) groups excluding carboxylic acids is 2. The van der Waals surface area contributed by atoms with Crippen LogP contribution >= 0.6 is 0 Å². The van der Waals surface area contributed by atoms with E-state index in [1.54, 1.807) is 63.2 Å². The Kier molecular flexibility index (Phi) is 5.16. The van der Waals surface area contributed by atoms with Gasteiger partial charge in [-0.05, 0) is 52.0 Å². The van der Waals surface area contributed by atoms with Crippen LogP contribution in [-0.2, 0) is 19.6 Å². The van der Waals surface area contributed by atoms with Crippen LogP contribution in [0.25, 0.3) is 0 Å². The molecule has 1 heterocycles. The van der Waals surface area contributed by atoms with Gasteiger partial charge in [-0.1, -0.05) is 35.9 Å².